The minimum absolute atomic E-state index is 0.328. The van der Waals surface area contributed by atoms with Gasteiger partial charge in [0.15, 0.2) is 0 Å². The summed E-state index contributed by atoms with van der Waals surface area (Å²) in [6, 6.07) is 10.8. The fourth-order valence-electron chi connectivity index (χ4n) is 2.71. The molecule has 0 aliphatic carbocycles. The molecule has 0 amide bonds. The maximum atomic E-state index is 11.8. The average molecular weight is 330 g/mol. The number of carbonyl (C=O) groups is 1. The molecule has 0 aliphatic rings. The van der Waals surface area contributed by atoms with Crippen molar-refractivity contribution in [2.24, 2.45) is 0 Å². The average Bonchev–Trinajstić information content (AvgIpc) is 2.59. The molecule has 1 atom stereocenters. The highest BCUT2D eigenvalue weighted by molar-refractivity contribution is 5.77. The zero-order valence-corrected chi connectivity index (χ0v) is 14.3. The fraction of sp³-hybridized carbons (Fsp3) is 0.316. The van der Waals surface area contributed by atoms with Gasteiger partial charge >= 0.3 is 5.97 Å². The molecule has 0 saturated heterocycles. The van der Waals surface area contributed by atoms with E-state index in [1.165, 1.54) is 0 Å². The van der Waals surface area contributed by atoms with Crippen molar-refractivity contribution in [1.29, 1.82) is 0 Å². The zero-order chi connectivity index (χ0) is 17.7. The van der Waals surface area contributed by atoms with Gasteiger partial charge in [-0.1, -0.05) is 18.2 Å². The molecule has 0 heterocycles. The summed E-state index contributed by atoms with van der Waals surface area (Å²) < 4.78 is 15.8. The predicted octanol–water partition coefficient (Wildman–Crippen LogP) is 3.43. The van der Waals surface area contributed by atoms with E-state index in [4.69, 9.17) is 14.2 Å². The second-order valence-electron chi connectivity index (χ2n) is 5.50. The molecule has 2 aromatic carbocycles. The molecule has 5 nitrogen and oxygen atoms in total. The van der Waals surface area contributed by atoms with Crippen LogP contribution in [0.15, 0.2) is 36.4 Å². The van der Waals surface area contributed by atoms with Crippen molar-refractivity contribution in [3.05, 3.63) is 53.1 Å². The largest absolute Gasteiger partial charge is 0.497 e. The lowest BCUT2D eigenvalue weighted by atomic mass is 9.90. The van der Waals surface area contributed by atoms with Crippen LogP contribution >= 0.6 is 0 Å². The van der Waals surface area contributed by atoms with Crippen molar-refractivity contribution < 1.29 is 24.1 Å². The van der Waals surface area contributed by atoms with Crippen molar-refractivity contribution in [3.63, 3.8) is 0 Å². The third kappa shape index (κ3) is 3.79. The van der Waals surface area contributed by atoms with E-state index >= 15 is 0 Å². The second-order valence-corrected chi connectivity index (χ2v) is 5.50. The van der Waals surface area contributed by atoms with Gasteiger partial charge in [0.25, 0.3) is 0 Å². The maximum absolute atomic E-state index is 11.8. The molecule has 0 radical (unpaired) electrons. The molecule has 5 heteroatoms. The SMILES string of the molecule is COc1ccc(CC(C(=O)O)c2ccc(OC)c(C)c2)c(OC)c1. The molecule has 1 unspecified atom stereocenters. The highest BCUT2D eigenvalue weighted by Gasteiger charge is 2.23. The van der Waals surface area contributed by atoms with E-state index in [0.717, 1.165) is 22.4 Å². The Balaban J connectivity index is 2.36. The third-order valence-corrected chi connectivity index (χ3v) is 4.04. The smallest absolute Gasteiger partial charge is 0.311 e. The maximum Gasteiger partial charge on any atom is 0.311 e. The molecule has 128 valence electrons. The van der Waals surface area contributed by atoms with Gasteiger partial charge in [0.05, 0.1) is 27.2 Å². The molecule has 0 fully saturated rings. The molecular weight excluding hydrogens is 308 g/mol. The Morgan fingerprint density at radius 1 is 1.00 bits per heavy atom. The summed E-state index contributed by atoms with van der Waals surface area (Å²) in [7, 11) is 4.74. The summed E-state index contributed by atoms with van der Waals surface area (Å²) in [5.41, 5.74) is 2.46. The summed E-state index contributed by atoms with van der Waals surface area (Å²) in [5, 5.41) is 9.67. The first-order chi connectivity index (χ1) is 11.5. The van der Waals surface area contributed by atoms with Gasteiger partial charge in [-0.05, 0) is 42.2 Å². The summed E-state index contributed by atoms with van der Waals surface area (Å²) in [4.78, 5) is 11.8. The van der Waals surface area contributed by atoms with Gasteiger partial charge in [-0.2, -0.15) is 0 Å². The van der Waals surface area contributed by atoms with Gasteiger partial charge < -0.3 is 19.3 Å². The molecule has 0 aliphatic heterocycles. The van der Waals surface area contributed by atoms with Crippen molar-refractivity contribution in [3.8, 4) is 17.2 Å². The summed E-state index contributed by atoms with van der Waals surface area (Å²) >= 11 is 0. The van der Waals surface area contributed by atoms with Crippen LogP contribution in [0.4, 0.5) is 0 Å². The molecule has 2 rings (SSSR count). The van der Waals surface area contributed by atoms with Crippen LogP contribution < -0.4 is 14.2 Å². The van der Waals surface area contributed by atoms with E-state index in [1.807, 2.05) is 19.1 Å². The van der Waals surface area contributed by atoms with E-state index in [-0.39, 0.29) is 0 Å². The van der Waals surface area contributed by atoms with Gasteiger partial charge in [-0.25, -0.2) is 0 Å². The lowest BCUT2D eigenvalue weighted by molar-refractivity contribution is -0.138. The first-order valence-corrected chi connectivity index (χ1v) is 7.58. The first-order valence-electron chi connectivity index (χ1n) is 7.58. The standard InChI is InChI=1S/C19H22O5/c1-12-9-13(6-8-17(12)23-3)16(19(20)21)10-14-5-7-15(22-2)11-18(14)24-4/h5-9,11,16H,10H2,1-4H3,(H,20,21). The highest BCUT2D eigenvalue weighted by Crippen LogP contribution is 2.31. The van der Waals surface area contributed by atoms with Gasteiger partial charge in [-0.3, -0.25) is 4.79 Å². The second kappa shape index (κ2) is 7.73. The molecule has 0 spiro atoms. The number of carboxylic acids is 1. The van der Waals surface area contributed by atoms with Crippen LogP contribution in [0.1, 0.15) is 22.6 Å². The van der Waals surface area contributed by atoms with Gasteiger partial charge in [0, 0.05) is 6.07 Å². The Kier molecular flexibility index (Phi) is 5.68. The normalized spacial score (nSPS) is 11.7. The summed E-state index contributed by atoms with van der Waals surface area (Å²) in [5.74, 6) is 0.479. The number of hydrogen-bond acceptors (Lipinski definition) is 4. The minimum Gasteiger partial charge on any atom is -0.497 e. The number of ether oxygens (including phenoxy) is 3. The quantitative estimate of drug-likeness (QED) is 0.842. The Labute approximate surface area is 141 Å². The van der Waals surface area contributed by atoms with Crippen molar-refractivity contribution in [1.82, 2.24) is 0 Å². The van der Waals surface area contributed by atoms with E-state index in [1.54, 1.807) is 45.6 Å². The summed E-state index contributed by atoms with van der Waals surface area (Å²) in [6.07, 6.45) is 0.328. The number of rotatable bonds is 7. The van der Waals surface area contributed by atoms with E-state index in [2.05, 4.69) is 0 Å². The third-order valence-electron chi connectivity index (χ3n) is 4.04. The molecule has 1 N–H and O–H groups in total. The van der Waals surface area contributed by atoms with Crippen molar-refractivity contribution in [2.75, 3.05) is 21.3 Å². The van der Waals surface area contributed by atoms with Gasteiger partial charge in [0.1, 0.15) is 17.2 Å². The van der Waals surface area contributed by atoms with Gasteiger partial charge in [0.2, 0.25) is 0 Å². The highest BCUT2D eigenvalue weighted by atomic mass is 16.5. The lowest BCUT2D eigenvalue weighted by Crippen LogP contribution is -2.15. The molecule has 0 saturated carbocycles. The lowest BCUT2D eigenvalue weighted by Gasteiger charge is -2.17. The van der Waals surface area contributed by atoms with E-state index < -0.39 is 11.9 Å². The minimum atomic E-state index is -0.877. The van der Waals surface area contributed by atoms with E-state index in [0.29, 0.717) is 17.9 Å². The molecule has 0 bridgehead atoms. The zero-order valence-electron chi connectivity index (χ0n) is 14.3. The van der Waals surface area contributed by atoms with Gasteiger partial charge in [-0.15, -0.1) is 0 Å². The van der Waals surface area contributed by atoms with Crippen LogP contribution in [0.5, 0.6) is 17.2 Å². The Bertz CT molecular complexity index is 724. The van der Waals surface area contributed by atoms with E-state index in [9.17, 15) is 9.90 Å². The topological polar surface area (TPSA) is 65.0 Å². The number of hydrogen-bond donors (Lipinski definition) is 1. The Hall–Kier alpha value is -2.69. The fourth-order valence-corrected chi connectivity index (χ4v) is 2.71. The van der Waals surface area contributed by atoms with Crippen LogP contribution in [0.3, 0.4) is 0 Å². The molecule has 0 aromatic heterocycles. The van der Waals surface area contributed by atoms with Crippen LogP contribution in [-0.4, -0.2) is 32.4 Å². The van der Waals surface area contributed by atoms with Crippen molar-refractivity contribution in [2.45, 2.75) is 19.3 Å². The van der Waals surface area contributed by atoms with Crippen LogP contribution in [0, 0.1) is 6.92 Å². The predicted molar refractivity (Wildman–Crippen MR) is 91.4 cm³/mol. The molecular formula is C19H22O5. The van der Waals surface area contributed by atoms with Crippen LogP contribution in [0.25, 0.3) is 0 Å². The number of methoxy groups -OCH3 is 3. The van der Waals surface area contributed by atoms with Crippen LogP contribution in [-0.2, 0) is 11.2 Å². The molecule has 2 aromatic rings. The number of benzene rings is 2. The number of carboxylic acid groups (broad SMARTS) is 1. The number of aliphatic carboxylic acids is 1. The monoisotopic (exact) mass is 330 g/mol. The Morgan fingerprint density at radius 2 is 1.71 bits per heavy atom. The number of aryl methyl sites for hydroxylation is 1. The van der Waals surface area contributed by atoms with Crippen molar-refractivity contribution >= 4 is 5.97 Å². The molecule has 24 heavy (non-hydrogen) atoms. The Morgan fingerprint density at radius 3 is 2.25 bits per heavy atom. The van der Waals surface area contributed by atoms with Crippen LogP contribution in [0.2, 0.25) is 0 Å². The first kappa shape index (κ1) is 17.7. The summed E-state index contributed by atoms with van der Waals surface area (Å²) in [6.45, 7) is 1.90.